The van der Waals surface area contributed by atoms with Crippen molar-refractivity contribution in [2.45, 2.75) is 25.9 Å². The van der Waals surface area contributed by atoms with Crippen LogP contribution < -0.4 is 4.90 Å². The first-order valence-corrected chi connectivity index (χ1v) is 8.28. The van der Waals surface area contributed by atoms with Crippen LogP contribution in [-0.4, -0.2) is 22.5 Å². The average molecular weight is 320 g/mol. The van der Waals surface area contributed by atoms with Gasteiger partial charge in [0.2, 0.25) is 5.91 Å². The van der Waals surface area contributed by atoms with Gasteiger partial charge in [-0.05, 0) is 30.5 Å². The standard InChI is InChI=1S/C20H20N2O2/c1-13-5-4-7-16-18(23)9-10-22(20(13)16)19(24)11-14-12-21-17-8-3-2-6-15(14)17/h2-8,12,18,21,23H,9-11H2,1H3. The summed E-state index contributed by atoms with van der Waals surface area (Å²) in [6.07, 6.45) is 2.36. The summed E-state index contributed by atoms with van der Waals surface area (Å²) < 4.78 is 0. The maximum absolute atomic E-state index is 13.0. The molecule has 4 heteroatoms. The lowest BCUT2D eigenvalue weighted by Gasteiger charge is -2.33. The second-order valence-electron chi connectivity index (χ2n) is 6.40. The van der Waals surface area contributed by atoms with Crippen LogP contribution >= 0.6 is 0 Å². The second-order valence-corrected chi connectivity index (χ2v) is 6.40. The van der Waals surface area contributed by atoms with Crippen molar-refractivity contribution in [2.75, 3.05) is 11.4 Å². The number of aryl methyl sites for hydroxylation is 1. The van der Waals surface area contributed by atoms with Crippen molar-refractivity contribution in [1.29, 1.82) is 0 Å². The van der Waals surface area contributed by atoms with E-state index in [1.165, 1.54) is 0 Å². The Morgan fingerprint density at radius 2 is 2.08 bits per heavy atom. The van der Waals surface area contributed by atoms with Crippen LogP contribution in [0.25, 0.3) is 10.9 Å². The van der Waals surface area contributed by atoms with E-state index >= 15 is 0 Å². The summed E-state index contributed by atoms with van der Waals surface area (Å²) in [5.41, 5.74) is 4.82. The molecule has 1 aliphatic heterocycles. The van der Waals surface area contributed by atoms with E-state index in [0.717, 1.165) is 33.3 Å². The summed E-state index contributed by atoms with van der Waals surface area (Å²) in [5, 5.41) is 11.3. The monoisotopic (exact) mass is 320 g/mol. The van der Waals surface area contributed by atoms with Gasteiger partial charge in [0.1, 0.15) is 0 Å². The molecule has 1 aromatic heterocycles. The summed E-state index contributed by atoms with van der Waals surface area (Å²) in [4.78, 5) is 18.0. The number of H-pyrrole nitrogens is 1. The number of hydrogen-bond donors (Lipinski definition) is 2. The predicted molar refractivity (Wildman–Crippen MR) is 95.1 cm³/mol. The predicted octanol–water partition coefficient (Wildman–Crippen LogP) is 3.49. The van der Waals surface area contributed by atoms with Crippen LogP contribution in [0.5, 0.6) is 0 Å². The molecule has 0 spiro atoms. The van der Waals surface area contributed by atoms with Gasteiger partial charge in [0.25, 0.3) is 0 Å². The van der Waals surface area contributed by atoms with Crippen molar-refractivity contribution in [1.82, 2.24) is 4.98 Å². The molecule has 2 N–H and O–H groups in total. The zero-order valence-corrected chi connectivity index (χ0v) is 13.6. The zero-order valence-electron chi connectivity index (χ0n) is 13.6. The number of carbonyl (C=O) groups is 1. The first-order chi connectivity index (χ1) is 11.6. The number of carbonyl (C=O) groups excluding carboxylic acids is 1. The van der Waals surface area contributed by atoms with Crippen LogP contribution in [-0.2, 0) is 11.2 Å². The molecule has 3 aromatic rings. The van der Waals surface area contributed by atoms with Gasteiger partial charge in [0.15, 0.2) is 0 Å². The van der Waals surface area contributed by atoms with Crippen LogP contribution in [0.15, 0.2) is 48.7 Å². The highest BCUT2D eigenvalue weighted by Crippen LogP contribution is 2.36. The molecular formula is C20H20N2O2. The molecule has 1 amide bonds. The van der Waals surface area contributed by atoms with Crippen molar-refractivity contribution < 1.29 is 9.90 Å². The molecule has 1 aliphatic rings. The smallest absolute Gasteiger partial charge is 0.231 e. The molecule has 122 valence electrons. The first-order valence-electron chi connectivity index (χ1n) is 8.28. The van der Waals surface area contributed by atoms with E-state index < -0.39 is 6.10 Å². The summed E-state index contributed by atoms with van der Waals surface area (Å²) in [7, 11) is 0. The van der Waals surface area contributed by atoms with Gasteiger partial charge in [-0.1, -0.05) is 36.4 Å². The van der Waals surface area contributed by atoms with Gasteiger partial charge in [-0.3, -0.25) is 4.79 Å². The van der Waals surface area contributed by atoms with E-state index in [0.29, 0.717) is 19.4 Å². The lowest BCUT2D eigenvalue weighted by molar-refractivity contribution is -0.118. The Balaban J connectivity index is 1.67. The minimum atomic E-state index is -0.489. The number of para-hydroxylation sites is 2. The number of rotatable bonds is 2. The highest BCUT2D eigenvalue weighted by atomic mass is 16.3. The third-order valence-electron chi connectivity index (χ3n) is 4.84. The van der Waals surface area contributed by atoms with Crippen LogP contribution in [0.1, 0.15) is 29.2 Å². The van der Waals surface area contributed by atoms with E-state index in [2.05, 4.69) is 4.98 Å². The van der Waals surface area contributed by atoms with E-state index in [1.807, 2.05) is 60.5 Å². The molecule has 0 aliphatic carbocycles. The van der Waals surface area contributed by atoms with Gasteiger partial charge >= 0.3 is 0 Å². The molecule has 0 fully saturated rings. The number of benzene rings is 2. The van der Waals surface area contributed by atoms with Gasteiger partial charge in [0.05, 0.1) is 18.2 Å². The lowest BCUT2D eigenvalue weighted by atomic mass is 9.95. The molecule has 24 heavy (non-hydrogen) atoms. The molecule has 4 rings (SSSR count). The largest absolute Gasteiger partial charge is 0.388 e. The van der Waals surface area contributed by atoms with Gasteiger partial charge < -0.3 is 15.0 Å². The molecule has 1 unspecified atom stereocenters. The Morgan fingerprint density at radius 1 is 1.25 bits per heavy atom. The molecule has 2 aromatic carbocycles. The average Bonchev–Trinajstić information content (AvgIpc) is 2.99. The number of aromatic nitrogens is 1. The number of fused-ring (bicyclic) bond motifs is 2. The third kappa shape index (κ3) is 2.39. The number of nitrogens with one attached hydrogen (secondary N) is 1. The molecule has 0 bridgehead atoms. The van der Waals surface area contributed by atoms with Crippen LogP contribution in [0.3, 0.4) is 0 Å². The number of nitrogens with zero attached hydrogens (tertiary/aromatic N) is 1. The maximum atomic E-state index is 13.0. The van der Waals surface area contributed by atoms with Crippen LogP contribution in [0.2, 0.25) is 0 Å². The molecule has 0 saturated carbocycles. The van der Waals surface area contributed by atoms with E-state index in [9.17, 15) is 9.90 Å². The number of aromatic amines is 1. The Bertz CT molecular complexity index is 913. The minimum Gasteiger partial charge on any atom is -0.388 e. The molecule has 4 nitrogen and oxygen atoms in total. The van der Waals surface area contributed by atoms with Crippen molar-refractivity contribution in [3.8, 4) is 0 Å². The maximum Gasteiger partial charge on any atom is 0.231 e. The number of aliphatic hydroxyl groups is 1. The van der Waals surface area contributed by atoms with E-state index in [4.69, 9.17) is 0 Å². The molecular weight excluding hydrogens is 300 g/mol. The summed E-state index contributed by atoms with van der Waals surface area (Å²) in [5.74, 6) is 0.0715. The molecule has 2 heterocycles. The highest BCUT2D eigenvalue weighted by molar-refractivity contribution is 5.99. The first kappa shape index (κ1) is 15.0. The molecule has 0 saturated heterocycles. The Hall–Kier alpha value is -2.59. The number of hydrogen-bond acceptors (Lipinski definition) is 2. The minimum absolute atomic E-state index is 0.0715. The fourth-order valence-corrected chi connectivity index (χ4v) is 3.62. The fourth-order valence-electron chi connectivity index (χ4n) is 3.62. The van der Waals surface area contributed by atoms with Gasteiger partial charge in [-0.15, -0.1) is 0 Å². The lowest BCUT2D eigenvalue weighted by Crippen LogP contribution is -2.38. The zero-order chi connectivity index (χ0) is 16.7. The Labute approximate surface area is 140 Å². The van der Waals surface area contributed by atoms with Crippen molar-refractivity contribution in [3.63, 3.8) is 0 Å². The van der Waals surface area contributed by atoms with Gasteiger partial charge in [-0.2, -0.15) is 0 Å². The van der Waals surface area contributed by atoms with Gasteiger partial charge in [0, 0.05) is 29.2 Å². The number of amides is 1. The summed E-state index contributed by atoms with van der Waals surface area (Å²) in [6, 6.07) is 13.9. The molecule has 0 radical (unpaired) electrons. The summed E-state index contributed by atoms with van der Waals surface area (Å²) >= 11 is 0. The van der Waals surface area contributed by atoms with E-state index in [1.54, 1.807) is 0 Å². The topological polar surface area (TPSA) is 56.3 Å². The van der Waals surface area contributed by atoms with E-state index in [-0.39, 0.29) is 5.91 Å². The number of aliphatic hydroxyl groups excluding tert-OH is 1. The second kappa shape index (κ2) is 5.80. The Kier molecular flexibility index (Phi) is 3.62. The normalized spacial score (nSPS) is 17.1. The van der Waals surface area contributed by atoms with Crippen molar-refractivity contribution >= 4 is 22.5 Å². The van der Waals surface area contributed by atoms with Crippen molar-refractivity contribution in [2.24, 2.45) is 0 Å². The molecule has 1 atom stereocenters. The van der Waals surface area contributed by atoms with Gasteiger partial charge in [-0.25, -0.2) is 0 Å². The fraction of sp³-hybridized carbons (Fsp3) is 0.250. The highest BCUT2D eigenvalue weighted by Gasteiger charge is 2.29. The van der Waals surface area contributed by atoms with Crippen LogP contribution in [0, 0.1) is 6.92 Å². The van der Waals surface area contributed by atoms with Crippen LogP contribution in [0.4, 0.5) is 5.69 Å². The number of anilines is 1. The SMILES string of the molecule is Cc1cccc2c1N(C(=O)Cc1c[nH]c3ccccc13)CCC2O. The summed E-state index contributed by atoms with van der Waals surface area (Å²) in [6.45, 7) is 2.54. The Morgan fingerprint density at radius 3 is 2.96 bits per heavy atom. The quantitative estimate of drug-likeness (QED) is 0.759. The van der Waals surface area contributed by atoms with Crippen molar-refractivity contribution in [3.05, 3.63) is 65.4 Å². The third-order valence-corrected chi connectivity index (χ3v) is 4.84.